The van der Waals surface area contributed by atoms with Gasteiger partial charge >= 0.3 is 0 Å². The summed E-state index contributed by atoms with van der Waals surface area (Å²) in [5.74, 6) is 0.998. The van der Waals surface area contributed by atoms with E-state index in [1.807, 2.05) is 19.2 Å². The van der Waals surface area contributed by atoms with Crippen LogP contribution in [0, 0.1) is 6.92 Å². The fraction of sp³-hybridized carbons (Fsp3) is 0.333. The van der Waals surface area contributed by atoms with E-state index in [0.717, 1.165) is 40.3 Å². The Hall–Kier alpha value is -1.62. The Morgan fingerprint density at radius 1 is 1.40 bits per heavy atom. The summed E-state index contributed by atoms with van der Waals surface area (Å²) in [6.45, 7) is 4.20. The lowest BCUT2D eigenvalue weighted by molar-refractivity contribution is 0.788. The van der Waals surface area contributed by atoms with Gasteiger partial charge < -0.3 is 10.2 Å². The second-order valence-electron chi connectivity index (χ2n) is 5.45. The molecule has 2 aliphatic rings. The van der Waals surface area contributed by atoms with E-state index in [-0.39, 0.29) is 0 Å². The monoisotopic (exact) mass is 330 g/mol. The number of pyridine rings is 2. The van der Waals surface area contributed by atoms with Gasteiger partial charge in [0.1, 0.15) is 0 Å². The van der Waals surface area contributed by atoms with Crippen molar-refractivity contribution in [1.82, 2.24) is 9.97 Å². The number of fused-ring (bicyclic) bond motifs is 4. The third-order valence-electron chi connectivity index (χ3n) is 4.01. The Balaban J connectivity index is 1.82. The maximum atomic E-state index is 4.81. The van der Waals surface area contributed by atoms with Crippen molar-refractivity contribution in [1.29, 1.82) is 0 Å². The van der Waals surface area contributed by atoms with E-state index in [2.05, 4.69) is 43.3 Å². The standard InChI is InChI=1S/C15H15BrN4/c1-9-2-3-10(7-17-9)14-12(16)6-13-15(19-14)18-11-4-5-20(13)8-11/h2-3,6-7,11H,4-5,8H2,1H3,(H,18,19). The summed E-state index contributed by atoms with van der Waals surface area (Å²) in [6, 6.07) is 6.80. The van der Waals surface area contributed by atoms with Crippen molar-refractivity contribution in [2.45, 2.75) is 19.4 Å². The summed E-state index contributed by atoms with van der Waals surface area (Å²) >= 11 is 3.66. The molecule has 0 spiro atoms. The average molecular weight is 331 g/mol. The number of anilines is 2. The lowest BCUT2D eigenvalue weighted by Gasteiger charge is -2.28. The quantitative estimate of drug-likeness (QED) is 0.871. The molecule has 0 aliphatic carbocycles. The summed E-state index contributed by atoms with van der Waals surface area (Å²) in [7, 11) is 0. The van der Waals surface area contributed by atoms with Crippen LogP contribution in [-0.4, -0.2) is 29.1 Å². The molecule has 5 heteroatoms. The van der Waals surface area contributed by atoms with Gasteiger partial charge in [0, 0.05) is 41.1 Å². The molecule has 1 fully saturated rings. The molecule has 4 heterocycles. The molecule has 20 heavy (non-hydrogen) atoms. The highest BCUT2D eigenvalue weighted by Crippen LogP contribution is 2.39. The van der Waals surface area contributed by atoms with Gasteiger partial charge in [0.15, 0.2) is 5.82 Å². The van der Waals surface area contributed by atoms with Crippen LogP contribution in [0.5, 0.6) is 0 Å². The topological polar surface area (TPSA) is 41.1 Å². The minimum atomic E-state index is 0.542. The molecule has 0 amide bonds. The third kappa shape index (κ3) is 1.88. The minimum absolute atomic E-state index is 0.542. The first-order valence-corrected chi connectivity index (χ1v) is 7.65. The van der Waals surface area contributed by atoms with Gasteiger partial charge in [-0.3, -0.25) is 4.98 Å². The highest BCUT2D eigenvalue weighted by molar-refractivity contribution is 9.10. The Morgan fingerprint density at radius 3 is 3.10 bits per heavy atom. The second-order valence-corrected chi connectivity index (χ2v) is 6.31. The SMILES string of the molecule is Cc1ccc(-c2nc3c(cc2Br)N2CCC(C2)N3)cn1. The lowest BCUT2D eigenvalue weighted by Crippen LogP contribution is -2.32. The zero-order chi connectivity index (χ0) is 13.7. The Kier molecular flexibility index (Phi) is 2.70. The largest absolute Gasteiger partial charge is 0.366 e. The van der Waals surface area contributed by atoms with E-state index >= 15 is 0 Å². The van der Waals surface area contributed by atoms with Crippen LogP contribution < -0.4 is 10.2 Å². The molecule has 1 unspecified atom stereocenters. The summed E-state index contributed by atoms with van der Waals surface area (Å²) in [5.41, 5.74) is 4.21. The molecule has 1 atom stereocenters. The maximum absolute atomic E-state index is 4.81. The Bertz CT molecular complexity index is 668. The number of aryl methyl sites for hydroxylation is 1. The predicted octanol–water partition coefficient (Wildman–Crippen LogP) is 3.22. The molecule has 1 saturated heterocycles. The highest BCUT2D eigenvalue weighted by atomic mass is 79.9. The van der Waals surface area contributed by atoms with Crippen LogP contribution in [-0.2, 0) is 0 Å². The molecule has 2 aromatic heterocycles. The molecule has 2 bridgehead atoms. The van der Waals surface area contributed by atoms with Gasteiger partial charge in [0.05, 0.1) is 11.4 Å². The van der Waals surface area contributed by atoms with Crippen LogP contribution in [0.4, 0.5) is 11.5 Å². The van der Waals surface area contributed by atoms with Crippen LogP contribution in [0.3, 0.4) is 0 Å². The first-order valence-electron chi connectivity index (χ1n) is 6.86. The zero-order valence-electron chi connectivity index (χ0n) is 11.2. The predicted molar refractivity (Wildman–Crippen MR) is 84.1 cm³/mol. The summed E-state index contributed by atoms with van der Waals surface area (Å²) in [6.07, 6.45) is 3.07. The smallest absolute Gasteiger partial charge is 0.150 e. The molecule has 1 N–H and O–H groups in total. The van der Waals surface area contributed by atoms with Gasteiger partial charge in [-0.2, -0.15) is 0 Å². The van der Waals surface area contributed by atoms with Crippen LogP contribution in [0.25, 0.3) is 11.3 Å². The summed E-state index contributed by atoms with van der Waals surface area (Å²) in [4.78, 5) is 11.6. The van der Waals surface area contributed by atoms with Crippen molar-refractivity contribution in [3.8, 4) is 11.3 Å². The van der Waals surface area contributed by atoms with Crippen molar-refractivity contribution >= 4 is 27.4 Å². The van der Waals surface area contributed by atoms with Gasteiger partial charge in [-0.1, -0.05) is 0 Å². The third-order valence-corrected chi connectivity index (χ3v) is 4.61. The minimum Gasteiger partial charge on any atom is -0.366 e. The zero-order valence-corrected chi connectivity index (χ0v) is 12.8. The Labute approximate surface area is 126 Å². The maximum Gasteiger partial charge on any atom is 0.150 e. The van der Waals surface area contributed by atoms with Crippen LogP contribution in [0.2, 0.25) is 0 Å². The van der Waals surface area contributed by atoms with Gasteiger partial charge in [0.25, 0.3) is 0 Å². The average Bonchev–Trinajstić information content (AvgIpc) is 2.84. The lowest BCUT2D eigenvalue weighted by atomic mass is 10.1. The number of nitrogens with one attached hydrogen (secondary N) is 1. The molecule has 4 rings (SSSR count). The molecule has 0 radical (unpaired) electrons. The second kappa shape index (κ2) is 4.45. The van der Waals surface area contributed by atoms with Crippen LogP contribution in [0.15, 0.2) is 28.9 Å². The number of hydrogen-bond donors (Lipinski definition) is 1. The first kappa shape index (κ1) is 12.1. The van der Waals surface area contributed by atoms with Crippen molar-refractivity contribution in [3.05, 3.63) is 34.6 Å². The fourth-order valence-corrected chi connectivity index (χ4v) is 3.46. The van der Waals surface area contributed by atoms with Crippen LogP contribution in [0.1, 0.15) is 12.1 Å². The molecule has 0 aromatic carbocycles. The van der Waals surface area contributed by atoms with Crippen LogP contribution >= 0.6 is 15.9 Å². The van der Waals surface area contributed by atoms with Gasteiger partial charge in [0.2, 0.25) is 0 Å². The van der Waals surface area contributed by atoms with E-state index in [1.165, 1.54) is 12.1 Å². The molecule has 4 nitrogen and oxygen atoms in total. The van der Waals surface area contributed by atoms with Gasteiger partial charge in [-0.15, -0.1) is 0 Å². The van der Waals surface area contributed by atoms with E-state index in [0.29, 0.717) is 6.04 Å². The molecule has 0 saturated carbocycles. The van der Waals surface area contributed by atoms with E-state index in [1.54, 1.807) is 0 Å². The van der Waals surface area contributed by atoms with Crippen molar-refractivity contribution in [3.63, 3.8) is 0 Å². The van der Waals surface area contributed by atoms with Crippen molar-refractivity contribution in [2.24, 2.45) is 0 Å². The Morgan fingerprint density at radius 2 is 2.30 bits per heavy atom. The fourth-order valence-electron chi connectivity index (χ4n) is 2.93. The number of hydrogen-bond acceptors (Lipinski definition) is 4. The summed E-state index contributed by atoms with van der Waals surface area (Å²) in [5, 5.41) is 3.54. The molecular weight excluding hydrogens is 316 g/mol. The summed E-state index contributed by atoms with van der Waals surface area (Å²) < 4.78 is 1.02. The number of aromatic nitrogens is 2. The van der Waals surface area contributed by atoms with E-state index in [4.69, 9.17) is 4.98 Å². The van der Waals surface area contributed by atoms with Gasteiger partial charge in [-0.25, -0.2) is 4.98 Å². The highest BCUT2D eigenvalue weighted by Gasteiger charge is 2.31. The molecule has 2 aromatic rings. The first-order chi connectivity index (χ1) is 9.70. The molecular formula is C15H15BrN4. The number of rotatable bonds is 1. The van der Waals surface area contributed by atoms with Gasteiger partial charge in [-0.05, 0) is 47.5 Å². The van der Waals surface area contributed by atoms with E-state index in [9.17, 15) is 0 Å². The van der Waals surface area contributed by atoms with E-state index < -0.39 is 0 Å². The normalized spacial score (nSPS) is 19.7. The molecule has 102 valence electrons. The number of nitrogens with zero attached hydrogens (tertiary/aromatic N) is 3. The molecule has 2 aliphatic heterocycles. The number of halogens is 1. The van der Waals surface area contributed by atoms with Crippen molar-refractivity contribution in [2.75, 3.05) is 23.3 Å². The van der Waals surface area contributed by atoms with Crippen molar-refractivity contribution < 1.29 is 0 Å².